The molecule has 0 heterocycles. The number of aliphatic hydroxyl groups is 2. The maximum Gasteiger partial charge on any atom is 0.162 e. The summed E-state index contributed by atoms with van der Waals surface area (Å²) >= 11 is 0. The molecule has 6 atom stereocenters. The highest BCUT2D eigenvalue weighted by atomic mass is 16.5. The number of allylic oxidation sites excluding steroid dienone is 2. The van der Waals surface area contributed by atoms with Crippen LogP contribution < -0.4 is 0 Å². The van der Waals surface area contributed by atoms with Crippen molar-refractivity contribution in [1.29, 1.82) is 0 Å². The third kappa shape index (κ3) is 2.92. The molecule has 0 spiro atoms. The topological polar surface area (TPSA) is 66.8 Å². The third-order valence-electron chi connectivity index (χ3n) is 6.76. The zero-order chi connectivity index (χ0) is 18.5. The highest BCUT2D eigenvalue weighted by molar-refractivity contribution is 6.01. The molecular weight excluding hydrogens is 316 g/mol. The van der Waals surface area contributed by atoms with Crippen molar-refractivity contribution in [2.24, 2.45) is 29.6 Å². The Hall–Kier alpha value is -0.970. The van der Waals surface area contributed by atoms with Gasteiger partial charge in [0.15, 0.2) is 5.78 Å². The standard InChI is InChI=1S/C21H32O4/c1-11(2)19-16-9-18(22)12(3)14-6-7-21(24,10-25-5)17(14)8-15(16)13(4)20(19)23/h8,11-15,18,22,24H,6-7,9-10H2,1-5H3/b17-8+/t12-,13+,14?,15+,18+,21+/m1/s1. The number of carbonyl (C=O) groups is 1. The van der Waals surface area contributed by atoms with Gasteiger partial charge >= 0.3 is 0 Å². The maximum atomic E-state index is 12.8. The highest BCUT2D eigenvalue weighted by Gasteiger charge is 2.49. The third-order valence-corrected chi connectivity index (χ3v) is 6.76. The van der Waals surface area contributed by atoms with Crippen molar-refractivity contribution in [3.8, 4) is 0 Å². The Morgan fingerprint density at radius 1 is 1.36 bits per heavy atom. The van der Waals surface area contributed by atoms with E-state index in [4.69, 9.17) is 4.74 Å². The highest BCUT2D eigenvalue weighted by Crippen LogP contribution is 2.51. The number of carbonyl (C=O) groups excluding carboxylic acids is 1. The Morgan fingerprint density at radius 3 is 2.64 bits per heavy atom. The first-order chi connectivity index (χ1) is 11.7. The Kier molecular flexibility index (Phi) is 5.00. The molecule has 0 radical (unpaired) electrons. The molecule has 0 aromatic carbocycles. The lowest BCUT2D eigenvalue weighted by Gasteiger charge is -2.35. The zero-order valence-corrected chi connectivity index (χ0v) is 16.1. The molecule has 0 saturated heterocycles. The van der Waals surface area contributed by atoms with Gasteiger partial charge in [-0.2, -0.15) is 0 Å². The van der Waals surface area contributed by atoms with Gasteiger partial charge in [-0.3, -0.25) is 4.79 Å². The van der Waals surface area contributed by atoms with E-state index < -0.39 is 11.7 Å². The largest absolute Gasteiger partial charge is 0.392 e. The molecule has 3 aliphatic carbocycles. The summed E-state index contributed by atoms with van der Waals surface area (Å²) in [6.07, 6.45) is 3.75. The molecule has 4 nitrogen and oxygen atoms in total. The van der Waals surface area contributed by atoms with Crippen LogP contribution in [0, 0.1) is 29.6 Å². The number of hydrogen-bond acceptors (Lipinski definition) is 4. The van der Waals surface area contributed by atoms with Crippen LogP contribution in [-0.2, 0) is 9.53 Å². The second kappa shape index (κ2) is 6.64. The molecule has 25 heavy (non-hydrogen) atoms. The van der Waals surface area contributed by atoms with Crippen LogP contribution in [0.25, 0.3) is 0 Å². The van der Waals surface area contributed by atoms with Gasteiger partial charge in [0, 0.05) is 18.9 Å². The van der Waals surface area contributed by atoms with Crippen LogP contribution in [0.5, 0.6) is 0 Å². The van der Waals surface area contributed by atoms with Crippen LogP contribution in [-0.4, -0.2) is 41.4 Å². The summed E-state index contributed by atoms with van der Waals surface area (Å²) in [4.78, 5) is 12.8. The number of ketones is 1. The molecule has 0 aromatic rings. The lowest BCUT2D eigenvalue weighted by Crippen LogP contribution is -2.37. The monoisotopic (exact) mass is 348 g/mol. The van der Waals surface area contributed by atoms with Crippen LogP contribution in [0.4, 0.5) is 0 Å². The summed E-state index contributed by atoms with van der Waals surface area (Å²) in [5, 5.41) is 22.0. The Labute approximate surface area is 151 Å². The Bertz CT molecular complexity index is 617. The molecule has 3 rings (SSSR count). The smallest absolute Gasteiger partial charge is 0.162 e. The van der Waals surface area contributed by atoms with E-state index in [2.05, 4.69) is 26.8 Å². The fraction of sp³-hybridized carbons (Fsp3) is 0.762. The summed E-state index contributed by atoms with van der Waals surface area (Å²) < 4.78 is 5.30. The average molecular weight is 348 g/mol. The van der Waals surface area contributed by atoms with Gasteiger partial charge in [0.25, 0.3) is 0 Å². The normalized spacial score (nSPS) is 43.6. The molecule has 0 amide bonds. The van der Waals surface area contributed by atoms with Crippen LogP contribution >= 0.6 is 0 Å². The van der Waals surface area contributed by atoms with Crippen molar-refractivity contribution in [2.75, 3.05) is 13.7 Å². The van der Waals surface area contributed by atoms with Crippen molar-refractivity contribution < 1.29 is 19.7 Å². The number of hydrogen-bond donors (Lipinski definition) is 2. The van der Waals surface area contributed by atoms with Crippen LogP contribution in [0.2, 0.25) is 0 Å². The molecule has 2 N–H and O–H groups in total. The van der Waals surface area contributed by atoms with Crippen molar-refractivity contribution in [3.05, 3.63) is 22.8 Å². The molecule has 0 aromatic heterocycles. The van der Waals surface area contributed by atoms with Gasteiger partial charge in [0.2, 0.25) is 0 Å². The van der Waals surface area contributed by atoms with Crippen molar-refractivity contribution in [2.45, 2.75) is 58.7 Å². The maximum absolute atomic E-state index is 12.8. The second-order valence-corrected chi connectivity index (χ2v) is 8.63. The lowest BCUT2D eigenvalue weighted by molar-refractivity contribution is -0.118. The summed E-state index contributed by atoms with van der Waals surface area (Å²) in [5.41, 5.74) is 1.99. The Balaban J connectivity index is 2.14. The predicted molar refractivity (Wildman–Crippen MR) is 96.9 cm³/mol. The van der Waals surface area contributed by atoms with E-state index in [-0.39, 0.29) is 42.0 Å². The average Bonchev–Trinajstić information content (AvgIpc) is 2.96. The lowest BCUT2D eigenvalue weighted by atomic mass is 9.74. The first kappa shape index (κ1) is 18.8. The van der Waals surface area contributed by atoms with Gasteiger partial charge in [-0.1, -0.05) is 39.3 Å². The second-order valence-electron chi connectivity index (χ2n) is 8.63. The minimum absolute atomic E-state index is 0.00830. The first-order valence-electron chi connectivity index (χ1n) is 9.60. The van der Waals surface area contributed by atoms with E-state index >= 15 is 0 Å². The number of rotatable bonds is 3. The van der Waals surface area contributed by atoms with Gasteiger partial charge in [0.05, 0.1) is 12.7 Å². The van der Waals surface area contributed by atoms with E-state index in [0.717, 1.165) is 23.1 Å². The van der Waals surface area contributed by atoms with Gasteiger partial charge in [0.1, 0.15) is 5.60 Å². The quantitative estimate of drug-likeness (QED) is 0.770. The predicted octanol–water partition coefficient (Wildman–Crippen LogP) is 2.89. The molecule has 0 bridgehead atoms. The van der Waals surface area contributed by atoms with Crippen molar-refractivity contribution in [1.82, 2.24) is 0 Å². The van der Waals surface area contributed by atoms with Gasteiger partial charge in [-0.15, -0.1) is 0 Å². The van der Waals surface area contributed by atoms with Gasteiger partial charge in [-0.25, -0.2) is 0 Å². The number of fused-ring (bicyclic) bond motifs is 2. The van der Waals surface area contributed by atoms with Crippen molar-refractivity contribution in [3.63, 3.8) is 0 Å². The Morgan fingerprint density at radius 2 is 2.04 bits per heavy atom. The minimum atomic E-state index is -0.973. The molecule has 0 aliphatic heterocycles. The minimum Gasteiger partial charge on any atom is -0.392 e. The van der Waals surface area contributed by atoms with Gasteiger partial charge < -0.3 is 14.9 Å². The van der Waals surface area contributed by atoms with Crippen molar-refractivity contribution >= 4 is 5.78 Å². The van der Waals surface area contributed by atoms with Crippen LogP contribution in [0.3, 0.4) is 0 Å². The summed E-state index contributed by atoms with van der Waals surface area (Å²) in [7, 11) is 1.61. The van der Waals surface area contributed by atoms with E-state index in [1.54, 1.807) is 7.11 Å². The van der Waals surface area contributed by atoms with E-state index in [9.17, 15) is 15.0 Å². The molecule has 1 unspecified atom stereocenters. The van der Waals surface area contributed by atoms with Crippen LogP contribution in [0.15, 0.2) is 22.8 Å². The number of methoxy groups -OCH3 is 1. The number of Topliss-reactive ketones (excluding diaryl/α,β-unsaturated/α-hetero) is 1. The van der Waals surface area contributed by atoms with E-state index in [0.29, 0.717) is 12.8 Å². The zero-order valence-electron chi connectivity index (χ0n) is 16.1. The summed E-state index contributed by atoms with van der Waals surface area (Å²) in [6.45, 7) is 8.42. The summed E-state index contributed by atoms with van der Waals surface area (Å²) in [6, 6.07) is 0. The SMILES string of the molecule is COC[C@@]1(O)CCC2/C1=C\[C@@H]1C(=C(C(C)C)C(=O)[C@H]1C)C[C@H](O)[C@@H]2C. The van der Waals surface area contributed by atoms with Crippen LogP contribution in [0.1, 0.15) is 47.0 Å². The molecule has 4 heteroatoms. The fourth-order valence-corrected chi connectivity index (χ4v) is 5.33. The molecule has 1 saturated carbocycles. The fourth-order valence-electron chi connectivity index (χ4n) is 5.33. The van der Waals surface area contributed by atoms with E-state index in [1.807, 2.05) is 6.92 Å². The first-order valence-corrected chi connectivity index (χ1v) is 9.60. The summed E-state index contributed by atoms with van der Waals surface area (Å²) in [5.74, 6) is 0.456. The van der Waals surface area contributed by atoms with Gasteiger partial charge in [-0.05, 0) is 48.2 Å². The molecular formula is C21H32O4. The number of aliphatic hydroxyl groups excluding tert-OH is 1. The van der Waals surface area contributed by atoms with E-state index in [1.165, 1.54) is 0 Å². The molecule has 3 aliphatic rings. The molecule has 1 fully saturated rings. The number of ether oxygens (including phenoxy) is 1. The molecule has 140 valence electrons.